The van der Waals surface area contributed by atoms with Gasteiger partial charge in [-0.25, -0.2) is 5.01 Å². The zero-order chi connectivity index (χ0) is 29.4. The summed E-state index contributed by atoms with van der Waals surface area (Å²) in [6.45, 7) is 4.74. The van der Waals surface area contributed by atoms with Crippen LogP contribution in [0.4, 0.5) is 0 Å². The number of quaternary nitrogens is 1. The minimum absolute atomic E-state index is 0.00834. The van der Waals surface area contributed by atoms with E-state index in [0.29, 0.717) is 0 Å². The number of hydrogen-bond acceptors (Lipinski definition) is 0. The third kappa shape index (κ3) is 3.64. The number of rotatable bonds is 4. The molecule has 44 heavy (non-hydrogen) atoms. The normalized spacial score (nSPS) is 19.9. The maximum Gasteiger partial charge on any atom is 0.102 e. The second-order valence-corrected chi connectivity index (χ2v) is 12.7. The number of hydrogen-bond donors (Lipinski definition) is 1. The lowest BCUT2D eigenvalue weighted by Gasteiger charge is -2.57. The van der Waals surface area contributed by atoms with E-state index >= 15 is 0 Å². The van der Waals surface area contributed by atoms with Crippen LogP contribution >= 0.6 is 0 Å². The van der Waals surface area contributed by atoms with Gasteiger partial charge >= 0.3 is 0 Å². The molecule has 2 heterocycles. The van der Waals surface area contributed by atoms with Gasteiger partial charge in [-0.3, -0.25) is 0 Å². The Kier molecular flexibility index (Phi) is 5.52. The maximum absolute atomic E-state index is 5.35. The molecule has 0 saturated carbocycles. The first-order chi connectivity index (χ1) is 21.6. The second-order valence-electron chi connectivity index (χ2n) is 12.7. The van der Waals surface area contributed by atoms with Gasteiger partial charge in [-0.2, -0.15) is 4.68 Å². The lowest BCUT2D eigenvalue weighted by molar-refractivity contribution is -1.02. The average molecular weight is 568 g/mol. The number of nitrogens with one attached hydrogen (secondary N) is 1. The Morgan fingerprint density at radius 2 is 1.11 bits per heavy atom. The molecule has 6 aromatic carbocycles. The van der Waals surface area contributed by atoms with Crippen LogP contribution in [0.3, 0.4) is 0 Å². The number of fused-ring (bicyclic) bond motifs is 6. The summed E-state index contributed by atoms with van der Waals surface area (Å²) in [6, 6.07) is 53.2. The SMILES string of the molecule is CC1(C)c2ccccc2-c2cc3c(cc21)c1cc(-c2ccccc2)ccc1n3[NH+]1C(c2ccccc2)[N-]C1c1ccccc1. The lowest BCUT2D eigenvalue weighted by atomic mass is 9.82. The quantitative estimate of drug-likeness (QED) is 0.219. The molecule has 1 aliphatic carbocycles. The van der Waals surface area contributed by atoms with Crippen molar-refractivity contribution in [3.05, 3.63) is 173 Å². The largest absolute Gasteiger partial charge is 0.545 e. The Labute approximate surface area is 258 Å². The molecule has 1 aromatic heterocycles. The third-order valence-electron chi connectivity index (χ3n) is 9.92. The summed E-state index contributed by atoms with van der Waals surface area (Å²) in [5.41, 5.74) is 12.9. The molecule has 2 aliphatic rings. The van der Waals surface area contributed by atoms with Gasteiger partial charge in [0.2, 0.25) is 0 Å². The fourth-order valence-electron chi connectivity index (χ4n) is 7.70. The summed E-state index contributed by atoms with van der Waals surface area (Å²) in [7, 11) is 0. The van der Waals surface area contributed by atoms with Gasteiger partial charge in [0, 0.05) is 16.2 Å². The number of aromatic nitrogens is 1. The van der Waals surface area contributed by atoms with Gasteiger partial charge in [0.05, 0.1) is 12.3 Å². The summed E-state index contributed by atoms with van der Waals surface area (Å²) in [4.78, 5) is 0. The van der Waals surface area contributed by atoms with Crippen molar-refractivity contribution in [2.24, 2.45) is 0 Å². The Bertz CT molecular complexity index is 2130. The molecule has 2 unspecified atom stereocenters. The first-order valence-electron chi connectivity index (χ1n) is 15.5. The highest BCUT2D eigenvalue weighted by atomic mass is 15.7. The highest BCUT2D eigenvalue weighted by Gasteiger charge is 2.40. The van der Waals surface area contributed by atoms with Crippen molar-refractivity contribution in [2.75, 3.05) is 0 Å². The predicted molar refractivity (Wildman–Crippen MR) is 181 cm³/mol. The Balaban J connectivity index is 1.35. The van der Waals surface area contributed by atoms with E-state index in [1.807, 2.05) is 0 Å². The van der Waals surface area contributed by atoms with Gasteiger partial charge in [0.1, 0.15) is 11.0 Å². The van der Waals surface area contributed by atoms with Crippen LogP contribution in [-0.4, -0.2) is 4.68 Å². The van der Waals surface area contributed by atoms with Crippen molar-refractivity contribution >= 4 is 21.8 Å². The van der Waals surface area contributed by atoms with Crippen LogP contribution in [0.1, 0.15) is 48.4 Å². The molecule has 1 fully saturated rings. The molecule has 0 bridgehead atoms. The number of nitrogens with zero attached hydrogens (tertiary/aromatic N) is 2. The van der Waals surface area contributed by atoms with E-state index in [2.05, 4.69) is 164 Å². The van der Waals surface area contributed by atoms with Crippen molar-refractivity contribution in [1.82, 2.24) is 4.68 Å². The standard InChI is InChI=1S/C41H32N3/c1-41(2)35-21-13-12-20-31(35)32-26-38-34(25-36(32)41)33-24-30(27-14-6-3-7-15-27)22-23-37(33)43(38)44-39(28-16-8-4-9-17-28)42-40(44)29-18-10-5-11-19-29/h3-26,39-40H,1-2H3/q-1/p+1. The van der Waals surface area contributed by atoms with Gasteiger partial charge < -0.3 is 5.32 Å². The molecule has 7 aromatic rings. The van der Waals surface area contributed by atoms with E-state index in [4.69, 9.17) is 5.32 Å². The average Bonchev–Trinajstić information content (AvgIpc) is 3.49. The van der Waals surface area contributed by atoms with Crippen molar-refractivity contribution < 1.29 is 5.01 Å². The second kappa shape index (κ2) is 9.52. The van der Waals surface area contributed by atoms with E-state index in [1.54, 1.807) is 0 Å². The van der Waals surface area contributed by atoms with Crippen LogP contribution in [0.15, 0.2) is 146 Å². The van der Waals surface area contributed by atoms with Crippen molar-refractivity contribution in [2.45, 2.75) is 31.6 Å². The van der Waals surface area contributed by atoms with Crippen LogP contribution in [-0.2, 0) is 5.41 Å². The van der Waals surface area contributed by atoms with E-state index in [9.17, 15) is 0 Å². The maximum atomic E-state index is 5.35. The first-order valence-corrected chi connectivity index (χ1v) is 15.5. The van der Waals surface area contributed by atoms with Crippen LogP contribution in [0.2, 0.25) is 0 Å². The Morgan fingerprint density at radius 3 is 1.80 bits per heavy atom. The van der Waals surface area contributed by atoms with Gasteiger partial charge in [0.25, 0.3) is 0 Å². The summed E-state index contributed by atoms with van der Waals surface area (Å²) in [5, 5.41) is 9.26. The van der Waals surface area contributed by atoms with Crippen molar-refractivity contribution in [1.29, 1.82) is 0 Å². The zero-order valence-electron chi connectivity index (χ0n) is 24.9. The van der Waals surface area contributed by atoms with E-state index < -0.39 is 0 Å². The third-order valence-corrected chi connectivity index (χ3v) is 9.92. The highest BCUT2D eigenvalue weighted by molar-refractivity contribution is 6.11. The van der Waals surface area contributed by atoms with Crippen LogP contribution in [0.5, 0.6) is 0 Å². The predicted octanol–water partition coefficient (Wildman–Crippen LogP) is 9.20. The van der Waals surface area contributed by atoms with Crippen LogP contribution in [0, 0.1) is 0 Å². The minimum atomic E-state index is -0.0658. The zero-order valence-corrected chi connectivity index (χ0v) is 24.9. The molecule has 3 nitrogen and oxygen atoms in total. The molecule has 0 spiro atoms. The van der Waals surface area contributed by atoms with E-state index in [1.165, 1.54) is 71.3 Å². The molecule has 9 rings (SSSR count). The highest BCUT2D eigenvalue weighted by Crippen LogP contribution is 2.51. The summed E-state index contributed by atoms with van der Waals surface area (Å²) in [6.07, 6.45) is -0.0167. The first kappa shape index (κ1) is 25.5. The summed E-state index contributed by atoms with van der Waals surface area (Å²) in [5.74, 6) is 0. The summed E-state index contributed by atoms with van der Waals surface area (Å²) >= 11 is 0. The van der Waals surface area contributed by atoms with Crippen molar-refractivity contribution in [3.63, 3.8) is 0 Å². The minimum Gasteiger partial charge on any atom is -0.545 e. The van der Waals surface area contributed by atoms with E-state index in [-0.39, 0.29) is 17.7 Å². The van der Waals surface area contributed by atoms with Crippen LogP contribution < -0.4 is 5.01 Å². The summed E-state index contributed by atoms with van der Waals surface area (Å²) < 4.78 is 2.55. The molecule has 0 amide bonds. The lowest BCUT2D eigenvalue weighted by Crippen LogP contribution is -3.19. The topological polar surface area (TPSA) is 23.5 Å². The van der Waals surface area contributed by atoms with Gasteiger partial charge in [-0.05, 0) is 68.8 Å². The molecule has 1 aliphatic heterocycles. The molecule has 2 atom stereocenters. The van der Waals surface area contributed by atoms with Crippen LogP contribution in [0.25, 0.3) is 49.4 Å². The Morgan fingerprint density at radius 1 is 0.523 bits per heavy atom. The molecule has 1 saturated heterocycles. The fourth-order valence-corrected chi connectivity index (χ4v) is 7.70. The smallest absolute Gasteiger partial charge is 0.102 e. The molecular weight excluding hydrogens is 534 g/mol. The molecule has 3 heteroatoms. The van der Waals surface area contributed by atoms with E-state index in [0.717, 1.165) is 0 Å². The number of benzene rings is 6. The van der Waals surface area contributed by atoms with Crippen molar-refractivity contribution in [3.8, 4) is 22.3 Å². The monoisotopic (exact) mass is 567 g/mol. The van der Waals surface area contributed by atoms with Gasteiger partial charge in [-0.1, -0.05) is 135 Å². The van der Waals surface area contributed by atoms with Gasteiger partial charge in [0.15, 0.2) is 0 Å². The Hall–Kier alpha value is -4.96. The molecule has 1 N–H and O–H groups in total. The molecular formula is C41H33N3. The van der Waals surface area contributed by atoms with Gasteiger partial charge in [-0.15, -0.1) is 0 Å². The fraction of sp³-hybridized carbons (Fsp3) is 0.122. The molecule has 0 radical (unpaired) electrons. The molecule has 212 valence electrons.